The number of hydrogen-bond donors (Lipinski definition) is 2. The van der Waals surface area contributed by atoms with Crippen molar-refractivity contribution >= 4 is 6.03 Å². The van der Waals surface area contributed by atoms with Crippen LogP contribution in [0, 0.1) is 6.92 Å². The lowest BCUT2D eigenvalue weighted by Crippen LogP contribution is -2.46. The first-order valence-electron chi connectivity index (χ1n) is 8.54. The summed E-state index contributed by atoms with van der Waals surface area (Å²) < 4.78 is 0. The van der Waals surface area contributed by atoms with Crippen LogP contribution in [0.5, 0.6) is 0 Å². The van der Waals surface area contributed by atoms with Gasteiger partial charge in [-0.15, -0.1) is 0 Å². The van der Waals surface area contributed by atoms with Crippen molar-refractivity contribution in [2.75, 3.05) is 39.8 Å². The van der Waals surface area contributed by atoms with Crippen LogP contribution < -0.4 is 10.6 Å². The van der Waals surface area contributed by atoms with Crippen LogP contribution >= 0.6 is 0 Å². The number of nitrogens with one attached hydrogen (secondary N) is 2. The maximum Gasteiger partial charge on any atom is 0.315 e. The fourth-order valence-corrected chi connectivity index (χ4v) is 2.80. The number of urea groups is 1. The lowest BCUT2D eigenvalue weighted by molar-refractivity contribution is 0.149. The highest BCUT2D eigenvalue weighted by atomic mass is 16.2. The van der Waals surface area contributed by atoms with E-state index in [1.165, 1.54) is 5.56 Å². The van der Waals surface area contributed by atoms with Gasteiger partial charge in [-0.3, -0.25) is 0 Å². The van der Waals surface area contributed by atoms with Crippen LogP contribution in [-0.2, 0) is 6.54 Å². The van der Waals surface area contributed by atoms with E-state index >= 15 is 0 Å². The molecule has 0 aromatic heterocycles. The maximum absolute atomic E-state index is 12.0. The van der Waals surface area contributed by atoms with E-state index in [9.17, 15) is 4.79 Å². The molecular weight excluding hydrogens is 288 g/mol. The van der Waals surface area contributed by atoms with Crippen molar-refractivity contribution in [2.24, 2.45) is 0 Å². The Kier molecular flexibility index (Phi) is 6.86. The standard InChI is InChI=1S/C18H30N4O/c1-15-5-4-6-17(13-15)14-19-18(23)20-16(2)7-8-22-11-9-21(3)10-12-22/h4-6,13,16H,7-12,14H2,1-3H3,(H2,19,20,23). The number of nitrogens with zero attached hydrogens (tertiary/aromatic N) is 2. The summed E-state index contributed by atoms with van der Waals surface area (Å²) in [5, 5.41) is 5.96. The highest BCUT2D eigenvalue weighted by Gasteiger charge is 2.15. The Hall–Kier alpha value is -1.59. The molecule has 1 aliphatic rings. The number of rotatable bonds is 6. The second-order valence-corrected chi connectivity index (χ2v) is 6.65. The first-order chi connectivity index (χ1) is 11.0. The third kappa shape index (κ3) is 6.59. The topological polar surface area (TPSA) is 47.6 Å². The van der Waals surface area contributed by atoms with Gasteiger partial charge in [0.1, 0.15) is 0 Å². The minimum absolute atomic E-state index is 0.0858. The number of benzene rings is 1. The van der Waals surface area contributed by atoms with Crippen LogP contribution in [0.1, 0.15) is 24.5 Å². The molecule has 1 fully saturated rings. The highest BCUT2D eigenvalue weighted by Crippen LogP contribution is 2.04. The Morgan fingerprint density at radius 2 is 2.00 bits per heavy atom. The molecule has 2 N–H and O–H groups in total. The number of likely N-dealkylation sites (N-methyl/N-ethyl adjacent to an activating group) is 1. The summed E-state index contributed by atoms with van der Waals surface area (Å²) in [5.41, 5.74) is 2.34. The number of amides is 2. The van der Waals surface area contributed by atoms with Crippen molar-refractivity contribution in [1.29, 1.82) is 0 Å². The smallest absolute Gasteiger partial charge is 0.315 e. The van der Waals surface area contributed by atoms with Gasteiger partial charge in [0, 0.05) is 45.3 Å². The van der Waals surface area contributed by atoms with Crippen LogP contribution in [0.2, 0.25) is 0 Å². The molecule has 23 heavy (non-hydrogen) atoms. The average Bonchev–Trinajstić information content (AvgIpc) is 2.52. The van der Waals surface area contributed by atoms with Gasteiger partial charge >= 0.3 is 6.03 Å². The Morgan fingerprint density at radius 3 is 2.70 bits per heavy atom. The van der Waals surface area contributed by atoms with Gasteiger partial charge in [-0.25, -0.2) is 4.79 Å². The Balaban J connectivity index is 1.62. The number of piperazine rings is 1. The molecule has 1 aromatic rings. The number of carbonyl (C=O) groups excluding carboxylic acids is 1. The third-order valence-corrected chi connectivity index (χ3v) is 4.39. The second-order valence-electron chi connectivity index (χ2n) is 6.65. The molecule has 1 unspecified atom stereocenters. The van der Waals surface area contributed by atoms with Crippen LogP contribution in [0.3, 0.4) is 0 Å². The summed E-state index contributed by atoms with van der Waals surface area (Å²) in [4.78, 5) is 16.8. The zero-order valence-electron chi connectivity index (χ0n) is 14.6. The van der Waals surface area contributed by atoms with E-state index in [2.05, 4.69) is 53.5 Å². The molecule has 1 aromatic carbocycles. The maximum atomic E-state index is 12.0. The van der Waals surface area contributed by atoms with E-state index in [4.69, 9.17) is 0 Å². The number of aryl methyl sites for hydroxylation is 1. The van der Waals surface area contributed by atoms with Crippen molar-refractivity contribution in [3.63, 3.8) is 0 Å². The molecule has 0 radical (unpaired) electrons. The fraction of sp³-hybridized carbons (Fsp3) is 0.611. The summed E-state index contributed by atoms with van der Waals surface area (Å²) in [6.45, 7) is 10.3. The Labute approximate surface area is 140 Å². The van der Waals surface area contributed by atoms with Gasteiger partial charge in [-0.1, -0.05) is 29.8 Å². The summed E-state index contributed by atoms with van der Waals surface area (Å²) in [5.74, 6) is 0. The van der Waals surface area contributed by atoms with Gasteiger partial charge in [0.25, 0.3) is 0 Å². The summed E-state index contributed by atoms with van der Waals surface area (Å²) in [7, 11) is 2.17. The molecule has 1 atom stereocenters. The van der Waals surface area contributed by atoms with E-state index < -0.39 is 0 Å². The van der Waals surface area contributed by atoms with Gasteiger partial charge in [0.15, 0.2) is 0 Å². The molecule has 5 nitrogen and oxygen atoms in total. The highest BCUT2D eigenvalue weighted by molar-refractivity contribution is 5.74. The Morgan fingerprint density at radius 1 is 1.26 bits per heavy atom. The molecule has 1 saturated heterocycles. The van der Waals surface area contributed by atoms with E-state index in [1.54, 1.807) is 0 Å². The van der Waals surface area contributed by atoms with Crippen molar-refractivity contribution < 1.29 is 4.79 Å². The quantitative estimate of drug-likeness (QED) is 0.841. The predicted molar refractivity (Wildman–Crippen MR) is 94.6 cm³/mol. The van der Waals surface area contributed by atoms with Crippen LogP contribution in [0.4, 0.5) is 4.79 Å². The molecular formula is C18H30N4O. The first kappa shape index (κ1) is 17.8. The summed E-state index contributed by atoms with van der Waals surface area (Å²) in [6.07, 6.45) is 0.988. The van der Waals surface area contributed by atoms with E-state index in [0.717, 1.165) is 44.7 Å². The lowest BCUT2D eigenvalue weighted by atomic mass is 10.1. The van der Waals surface area contributed by atoms with Gasteiger partial charge in [0.05, 0.1) is 0 Å². The molecule has 0 aliphatic carbocycles. The normalized spacial score (nSPS) is 17.7. The molecule has 2 rings (SSSR count). The number of hydrogen-bond acceptors (Lipinski definition) is 3. The van der Waals surface area contributed by atoms with Crippen LogP contribution in [0.25, 0.3) is 0 Å². The monoisotopic (exact) mass is 318 g/mol. The SMILES string of the molecule is Cc1cccc(CNC(=O)NC(C)CCN2CCN(C)CC2)c1. The van der Waals surface area contributed by atoms with Gasteiger partial charge in [0.2, 0.25) is 0 Å². The molecule has 0 bridgehead atoms. The minimum atomic E-state index is -0.0858. The molecule has 1 heterocycles. The molecule has 0 spiro atoms. The van der Waals surface area contributed by atoms with E-state index in [1.807, 2.05) is 12.1 Å². The first-order valence-corrected chi connectivity index (χ1v) is 8.54. The van der Waals surface area contributed by atoms with Gasteiger partial charge < -0.3 is 20.4 Å². The lowest BCUT2D eigenvalue weighted by Gasteiger charge is -2.32. The van der Waals surface area contributed by atoms with E-state index in [0.29, 0.717) is 6.54 Å². The van der Waals surface area contributed by atoms with Gasteiger partial charge in [-0.05, 0) is 32.9 Å². The second kappa shape index (κ2) is 8.89. The van der Waals surface area contributed by atoms with Gasteiger partial charge in [-0.2, -0.15) is 0 Å². The zero-order valence-corrected chi connectivity index (χ0v) is 14.6. The van der Waals surface area contributed by atoms with Crippen LogP contribution in [-0.4, -0.2) is 61.6 Å². The third-order valence-electron chi connectivity index (χ3n) is 4.39. The molecule has 2 amide bonds. The zero-order chi connectivity index (χ0) is 16.7. The van der Waals surface area contributed by atoms with Crippen molar-refractivity contribution in [1.82, 2.24) is 20.4 Å². The Bertz CT molecular complexity index is 498. The van der Waals surface area contributed by atoms with Crippen molar-refractivity contribution in [3.8, 4) is 0 Å². The molecule has 128 valence electrons. The minimum Gasteiger partial charge on any atom is -0.336 e. The summed E-state index contributed by atoms with van der Waals surface area (Å²) >= 11 is 0. The number of carbonyl (C=O) groups is 1. The van der Waals surface area contributed by atoms with E-state index in [-0.39, 0.29) is 12.1 Å². The molecule has 5 heteroatoms. The largest absolute Gasteiger partial charge is 0.336 e. The predicted octanol–water partition coefficient (Wildman–Crippen LogP) is 1.82. The van der Waals surface area contributed by atoms with Crippen molar-refractivity contribution in [3.05, 3.63) is 35.4 Å². The average molecular weight is 318 g/mol. The molecule has 1 aliphatic heterocycles. The molecule has 0 saturated carbocycles. The van der Waals surface area contributed by atoms with Crippen molar-refractivity contribution in [2.45, 2.75) is 32.9 Å². The summed E-state index contributed by atoms with van der Waals surface area (Å²) in [6, 6.07) is 8.30. The fourth-order valence-electron chi connectivity index (χ4n) is 2.80. The van der Waals surface area contributed by atoms with Crippen LogP contribution in [0.15, 0.2) is 24.3 Å².